The van der Waals surface area contributed by atoms with Crippen molar-refractivity contribution >= 4 is 23.2 Å². The van der Waals surface area contributed by atoms with Crippen LogP contribution in [0.4, 0.5) is 0 Å². The van der Waals surface area contributed by atoms with Crippen LogP contribution < -0.4 is 5.73 Å². The largest absolute Gasteiger partial charge is 0.324 e. The molecule has 0 aromatic heterocycles. The summed E-state index contributed by atoms with van der Waals surface area (Å²) < 4.78 is 0. The summed E-state index contributed by atoms with van der Waals surface area (Å²) in [5.41, 5.74) is 11.0. The van der Waals surface area contributed by atoms with Crippen molar-refractivity contribution in [1.29, 1.82) is 0 Å². The highest BCUT2D eigenvalue weighted by Crippen LogP contribution is 2.27. The molecule has 0 heterocycles. The van der Waals surface area contributed by atoms with Crippen LogP contribution in [0.1, 0.15) is 28.3 Å². The second-order valence-electron chi connectivity index (χ2n) is 4.85. The number of hydrogen-bond donors (Lipinski definition) is 1. The molecule has 100 valence electrons. The molecule has 0 aliphatic heterocycles. The average molecular weight is 294 g/mol. The summed E-state index contributed by atoms with van der Waals surface area (Å²) in [6.45, 7) is 4.18. The molecular formula is C16H17Cl2N. The molecule has 1 nitrogen and oxygen atoms in total. The Labute approximate surface area is 124 Å². The van der Waals surface area contributed by atoms with Crippen molar-refractivity contribution < 1.29 is 0 Å². The highest BCUT2D eigenvalue weighted by atomic mass is 35.5. The summed E-state index contributed by atoms with van der Waals surface area (Å²) in [5, 5.41) is 1.32. The molecule has 1 unspecified atom stereocenters. The molecule has 0 fully saturated rings. The molecule has 0 aliphatic carbocycles. The van der Waals surface area contributed by atoms with Gasteiger partial charge in [-0.3, -0.25) is 0 Å². The Morgan fingerprint density at radius 1 is 1.05 bits per heavy atom. The van der Waals surface area contributed by atoms with Gasteiger partial charge in [0.25, 0.3) is 0 Å². The van der Waals surface area contributed by atoms with Gasteiger partial charge in [-0.05, 0) is 54.7 Å². The summed E-state index contributed by atoms with van der Waals surface area (Å²) in [4.78, 5) is 0. The van der Waals surface area contributed by atoms with E-state index in [1.165, 1.54) is 16.7 Å². The number of aryl methyl sites for hydroxylation is 2. The fourth-order valence-electron chi connectivity index (χ4n) is 2.44. The van der Waals surface area contributed by atoms with Crippen LogP contribution in [0.15, 0.2) is 36.4 Å². The first-order valence-corrected chi connectivity index (χ1v) is 7.00. The van der Waals surface area contributed by atoms with Crippen molar-refractivity contribution in [3.63, 3.8) is 0 Å². The van der Waals surface area contributed by atoms with Gasteiger partial charge in [0.15, 0.2) is 0 Å². The minimum atomic E-state index is -0.0557. The summed E-state index contributed by atoms with van der Waals surface area (Å²) >= 11 is 12.1. The van der Waals surface area contributed by atoms with Gasteiger partial charge in [-0.1, -0.05) is 47.5 Å². The lowest BCUT2D eigenvalue weighted by atomic mass is 9.92. The summed E-state index contributed by atoms with van der Waals surface area (Å²) in [6.07, 6.45) is 0.710. The second-order valence-corrected chi connectivity index (χ2v) is 5.70. The van der Waals surface area contributed by atoms with Gasteiger partial charge in [-0.15, -0.1) is 0 Å². The van der Waals surface area contributed by atoms with Crippen LogP contribution in [-0.4, -0.2) is 0 Å². The molecule has 0 saturated carbocycles. The Morgan fingerprint density at radius 3 is 2.26 bits per heavy atom. The Kier molecular flexibility index (Phi) is 4.51. The number of halogens is 2. The van der Waals surface area contributed by atoms with Crippen molar-refractivity contribution in [2.75, 3.05) is 0 Å². The number of nitrogens with two attached hydrogens (primary N) is 1. The summed E-state index contributed by atoms with van der Waals surface area (Å²) in [6, 6.07) is 11.7. The van der Waals surface area contributed by atoms with E-state index in [1.807, 2.05) is 12.1 Å². The van der Waals surface area contributed by atoms with Gasteiger partial charge in [-0.25, -0.2) is 0 Å². The Morgan fingerprint density at radius 2 is 1.68 bits per heavy atom. The van der Waals surface area contributed by atoms with E-state index in [4.69, 9.17) is 28.9 Å². The van der Waals surface area contributed by atoms with Crippen LogP contribution in [0.25, 0.3) is 0 Å². The topological polar surface area (TPSA) is 26.0 Å². The Hall–Kier alpha value is -1.02. The molecule has 1 atom stereocenters. The third kappa shape index (κ3) is 3.30. The van der Waals surface area contributed by atoms with E-state index in [2.05, 4.69) is 32.0 Å². The summed E-state index contributed by atoms with van der Waals surface area (Å²) in [5.74, 6) is 0. The van der Waals surface area contributed by atoms with Gasteiger partial charge in [0.2, 0.25) is 0 Å². The van der Waals surface area contributed by atoms with E-state index in [-0.39, 0.29) is 6.04 Å². The van der Waals surface area contributed by atoms with Crippen LogP contribution in [0, 0.1) is 13.8 Å². The predicted octanol–water partition coefficient (Wildman–Crippen LogP) is 4.85. The van der Waals surface area contributed by atoms with Gasteiger partial charge in [0, 0.05) is 16.1 Å². The van der Waals surface area contributed by atoms with Gasteiger partial charge in [-0.2, -0.15) is 0 Å². The van der Waals surface area contributed by atoms with E-state index in [0.717, 1.165) is 5.56 Å². The fraction of sp³-hybridized carbons (Fsp3) is 0.250. The lowest BCUT2D eigenvalue weighted by Gasteiger charge is -2.18. The molecule has 0 saturated heterocycles. The second kappa shape index (κ2) is 5.96. The maximum atomic E-state index is 6.34. The quantitative estimate of drug-likeness (QED) is 0.860. The number of rotatable bonds is 3. The van der Waals surface area contributed by atoms with E-state index >= 15 is 0 Å². The van der Waals surface area contributed by atoms with Crippen LogP contribution in [0.2, 0.25) is 10.0 Å². The van der Waals surface area contributed by atoms with E-state index in [1.54, 1.807) is 6.07 Å². The summed E-state index contributed by atoms with van der Waals surface area (Å²) in [7, 11) is 0. The zero-order valence-electron chi connectivity index (χ0n) is 11.1. The van der Waals surface area contributed by atoms with E-state index in [9.17, 15) is 0 Å². The lowest BCUT2D eigenvalue weighted by molar-refractivity contribution is 0.711. The molecule has 2 N–H and O–H groups in total. The highest BCUT2D eigenvalue weighted by molar-refractivity contribution is 6.35. The van der Waals surface area contributed by atoms with E-state index < -0.39 is 0 Å². The molecular weight excluding hydrogens is 277 g/mol. The average Bonchev–Trinajstić information content (AvgIpc) is 2.32. The van der Waals surface area contributed by atoms with Crippen molar-refractivity contribution in [2.45, 2.75) is 26.3 Å². The maximum Gasteiger partial charge on any atom is 0.0453 e. The third-order valence-corrected chi connectivity index (χ3v) is 3.95. The first-order chi connectivity index (χ1) is 8.99. The van der Waals surface area contributed by atoms with Gasteiger partial charge < -0.3 is 5.73 Å². The van der Waals surface area contributed by atoms with Crippen molar-refractivity contribution in [3.8, 4) is 0 Å². The minimum Gasteiger partial charge on any atom is -0.324 e. The first kappa shape index (κ1) is 14.4. The molecule has 19 heavy (non-hydrogen) atoms. The van der Waals surface area contributed by atoms with Crippen LogP contribution in [0.5, 0.6) is 0 Å². The maximum absolute atomic E-state index is 6.34. The first-order valence-electron chi connectivity index (χ1n) is 6.24. The van der Waals surface area contributed by atoms with Crippen molar-refractivity contribution in [3.05, 3.63) is 68.7 Å². The van der Waals surface area contributed by atoms with Crippen LogP contribution in [-0.2, 0) is 6.42 Å². The van der Waals surface area contributed by atoms with Crippen molar-refractivity contribution in [2.24, 2.45) is 5.73 Å². The molecule has 0 amide bonds. The molecule has 3 heteroatoms. The Bertz CT molecular complexity index is 573. The zero-order valence-corrected chi connectivity index (χ0v) is 12.6. The van der Waals surface area contributed by atoms with Gasteiger partial charge >= 0.3 is 0 Å². The molecule has 0 bridgehead atoms. The molecule has 2 aromatic rings. The number of benzene rings is 2. The monoisotopic (exact) mass is 293 g/mol. The van der Waals surface area contributed by atoms with Crippen molar-refractivity contribution in [1.82, 2.24) is 0 Å². The molecule has 2 rings (SSSR count). The molecule has 2 aromatic carbocycles. The van der Waals surface area contributed by atoms with Crippen LogP contribution >= 0.6 is 23.2 Å². The lowest BCUT2D eigenvalue weighted by Crippen LogP contribution is -2.16. The van der Waals surface area contributed by atoms with Crippen LogP contribution in [0.3, 0.4) is 0 Å². The Balaban J connectivity index is 2.28. The third-order valence-electron chi connectivity index (χ3n) is 3.37. The van der Waals surface area contributed by atoms with E-state index in [0.29, 0.717) is 16.5 Å². The van der Waals surface area contributed by atoms with Gasteiger partial charge in [0.05, 0.1) is 0 Å². The van der Waals surface area contributed by atoms with Gasteiger partial charge in [0.1, 0.15) is 0 Å². The molecule has 0 radical (unpaired) electrons. The minimum absolute atomic E-state index is 0.0557. The molecule has 0 spiro atoms. The standard InChI is InChI=1S/C16H17Cl2N/c1-10-4-3-5-11(2)16(10)15(19)8-12-6-7-13(17)9-14(12)18/h3-7,9,15H,8,19H2,1-2H3. The predicted molar refractivity (Wildman–Crippen MR) is 83.0 cm³/mol. The normalized spacial score (nSPS) is 12.5. The molecule has 0 aliphatic rings. The number of hydrogen-bond acceptors (Lipinski definition) is 1. The fourth-order valence-corrected chi connectivity index (χ4v) is 2.92. The smallest absolute Gasteiger partial charge is 0.0453 e. The zero-order chi connectivity index (χ0) is 14.0. The SMILES string of the molecule is Cc1cccc(C)c1C(N)Cc1ccc(Cl)cc1Cl. The highest BCUT2D eigenvalue weighted by Gasteiger charge is 2.14.